The zero-order valence-corrected chi connectivity index (χ0v) is 21.2. The Morgan fingerprint density at radius 3 is 2.50 bits per heavy atom. The van der Waals surface area contributed by atoms with Crippen molar-refractivity contribution in [2.75, 3.05) is 23.8 Å². The zero-order chi connectivity index (χ0) is 25.9. The number of aryl methyl sites for hydroxylation is 1. The van der Waals surface area contributed by atoms with Crippen LogP contribution in [-0.4, -0.2) is 24.7 Å². The number of rotatable bonds is 12. The highest BCUT2D eigenvalue weighted by Crippen LogP contribution is 2.32. The fraction of sp³-hybridized carbons (Fsp3) is 0.300. The number of halogens is 1. The fourth-order valence-corrected chi connectivity index (χ4v) is 3.92. The van der Waals surface area contributed by atoms with Crippen molar-refractivity contribution in [2.45, 2.75) is 45.6 Å². The second-order valence-electron chi connectivity index (χ2n) is 8.97. The van der Waals surface area contributed by atoms with Gasteiger partial charge in [0.25, 0.3) is 0 Å². The number of anilines is 2. The molecule has 36 heavy (non-hydrogen) atoms. The number of hydrogen-bond donors (Lipinski definition) is 3. The maximum Gasteiger partial charge on any atom is 0.321 e. The Bertz CT molecular complexity index is 1160. The molecule has 0 saturated carbocycles. The van der Waals surface area contributed by atoms with E-state index in [1.54, 1.807) is 24.1 Å². The third-order valence-electron chi connectivity index (χ3n) is 6.09. The molecule has 0 aliphatic heterocycles. The number of hydrogen-bond acceptors (Lipinski definition) is 3. The Labute approximate surface area is 213 Å². The summed E-state index contributed by atoms with van der Waals surface area (Å²) in [4.78, 5) is 14.3. The second kappa shape index (κ2) is 13.3. The first-order chi connectivity index (χ1) is 17.4. The monoisotopic (exact) mass is 489 g/mol. The van der Waals surface area contributed by atoms with E-state index in [0.29, 0.717) is 25.9 Å². The molecule has 0 atom stereocenters. The number of benzene rings is 3. The molecule has 0 aliphatic rings. The summed E-state index contributed by atoms with van der Waals surface area (Å²) in [6.45, 7) is 6.91. The molecule has 0 saturated heterocycles. The van der Waals surface area contributed by atoms with Crippen LogP contribution in [0, 0.1) is 5.82 Å². The summed E-state index contributed by atoms with van der Waals surface area (Å²) in [7, 11) is 1.77. The normalized spacial score (nSPS) is 10.6. The molecule has 0 unspecified atom stereocenters. The topological polar surface area (TPSA) is 64.6 Å². The quantitative estimate of drug-likeness (QED) is 0.183. The van der Waals surface area contributed by atoms with Crippen LogP contribution in [-0.2, 0) is 13.0 Å². The number of allylic oxidation sites excluding steroid dienone is 1. The molecular weight excluding hydrogens is 453 g/mol. The molecule has 3 aromatic carbocycles. The lowest BCUT2D eigenvalue weighted by Crippen LogP contribution is -2.37. The predicted octanol–water partition coefficient (Wildman–Crippen LogP) is 7.45. The second-order valence-corrected chi connectivity index (χ2v) is 8.97. The summed E-state index contributed by atoms with van der Waals surface area (Å²) in [5.41, 5.74) is 5.70. The van der Waals surface area contributed by atoms with Crippen molar-refractivity contribution >= 4 is 17.4 Å². The first kappa shape index (κ1) is 26.8. The molecule has 0 radical (unpaired) electrons. The minimum Gasteiger partial charge on any atom is -0.513 e. The Kier molecular flexibility index (Phi) is 9.92. The van der Waals surface area contributed by atoms with Crippen LogP contribution < -0.4 is 15.5 Å². The van der Waals surface area contributed by atoms with E-state index in [9.17, 15) is 14.3 Å². The van der Waals surface area contributed by atoms with Gasteiger partial charge in [0.2, 0.25) is 0 Å². The molecule has 6 heteroatoms. The zero-order valence-electron chi connectivity index (χ0n) is 21.2. The van der Waals surface area contributed by atoms with Crippen molar-refractivity contribution in [1.29, 1.82) is 0 Å². The van der Waals surface area contributed by atoms with Gasteiger partial charge in [0, 0.05) is 43.5 Å². The van der Waals surface area contributed by atoms with Gasteiger partial charge in [-0.1, -0.05) is 62.7 Å². The van der Waals surface area contributed by atoms with Gasteiger partial charge in [-0.25, -0.2) is 9.18 Å². The minimum atomic E-state index is -0.263. The van der Waals surface area contributed by atoms with Crippen LogP contribution in [0.3, 0.4) is 0 Å². The van der Waals surface area contributed by atoms with Gasteiger partial charge in [0.1, 0.15) is 5.82 Å². The van der Waals surface area contributed by atoms with E-state index in [2.05, 4.69) is 30.2 Å². The lowest BCUT2D eigenvalue weighted by Gasteiger charge is -2.20. The van der Waals surface area contributed by atoms with Crippen LogP contribution in [0.1, 0.15) is 43.7 Å². The van der Waals surface area contributed by atoms with Gasteiger partial charge in [-0.05, 0) is 59.9 Å². The molecule has 5 nitrogen and oxygen atoms in total. The molecule has 3 N–H and O–H groups in total. The van der Waals surface area contributed by atoms with Gasteiger partial charge in [-0.3, -0.25) is 4.90 Å². The molecule has 190 valence electrons. The van der Waals surface area contributed by atoms with Gasteiger partial charge in [-0.15, -0.1) is 0 Å². The molecular formula is C30H36FN3O2. The lowest BCUT2D eigenvalue weighted by molar-refractivity contribution is 0.247. The summed E-state index contributed by atoms with van der Waals surface area (Å²) in [6.07, 6.45) is 4.33. The highest BCUT2D eigenvalue weighted by atomic mass is 19.1. The van der Waals surface area contributed by atoms with Crippen molar-refractivity contribution in [3.05, 3.63) is 96.0 Å². The van der Waals surface area contributed by atoms with Gasteiger partial charge in [0.05, 0.1) is 5.76 Å². The van der Waals surface area contributed by atoms with Crippen molar-refractivity contribution < 1.29 is 14.3 Å². The number of unbranched alkanes of at least 4 members (excludes halogenated alkanes) is 2. The van der Waals surface area contributed by atoms with Gasteiger partial charge < -0.3 is 15.7 Å². The molecule has 0 fully saturated rings. The molecule has 0 aromatic heterocycles. The summed E-state index contributed by atoms with van der Waals surface area (Å²) in [5.74, 6) is -0.107. The van der Waals surface area contributed by atoms with Gasteiger partial charge in [0.15, 0.2) is 0 Å². The highest BCUT2D eigenvalue weighted by Gasteiger charge is 2.13. The number of nitrogens with zero attached hydrogens (tertiary/aromatic N) is 1. The van der Waals surface area contributed by atoms with Crippen molar-refractivity contribution in [1.82, 2.24) is 5.32 Å². The van der Waals surface area contributed by atoms with E-state index in [0.717, 1.165) is 52.9 Å². The molecule has 0 spiro atoms. The standard InChI is InChI=1S/C30H36FN3O2/c1-4-5-6-18-32-30(36)34(3)27-9-7-8-25(20-27)28-17-14-23(11-10-22(2)35)19-29(28)33-21-24-12-15-26(31)16-13-24/h7-9,12-17,19-20,33,35H,2,4-6,10-11,18,21H2,1,3H3,(H,32,36). The van der Waals surface area contributed by atoms with Crippen molar-refractivity contribution in [2.24, 2.45) is 0 Å². The average Bonchev–Trinajstić information content (AvgIpc) is 2.89. The van der Waals surface area contributed by atoms with Crippen LogP contribution in [0.5, 0.6) is 0 Å². The number of amides is 2. The van der Waals surface area contributed by atoms with E-state index < -0.39 is 0 Å². The largest absolute Gasteiger partial charge is 0.513 e. The Hall–Kier alpha value is -3.80. The Balaban J connectivity index is 1.84. The smallest absolute Gasteiger partial charge is 0.321 e. The minimum absolute atomic E-state index is 0.127. The lowest BCUT2D eigenvalue weighted by atomic mass is 9.98. The Morgan fingerprint density at radius 1 is 1.03 bits per heavy atom. The van der Waals surface area contributed by atoms with E-state index in [1.807, 2.05) is 36.4 Å². The van der Waals surface area contributed by atoms with Crippen molar-refractivity contribution in [3.63, 3.8) is 0 Å². The number of carbonyl (C=O) groups excluding carboxylic acids is 1. The summed E-state index contributed by atoms with van der Waals surface area (Å²) >= 11 is 0. The van der Waals surface area contributed by atoms with Gasteiger partial charge in [-0.2, -0.15) is 0 Å². The third-order valence-corrected chi connectivity index (χ3v) is 6.09. The highest BCUT2D eigenvalue weighted by molar-refractivity contribution is 5.92. The van der Waals surface area contributed by atoms with E-state index in [4.69, 9.17) is 0 Å². The van der Waals surface area contributed by atoms with E-state index in [-0.39, 0.29) is 17.6 Å². The Morgan fingerprint density at radius 2 is 1.78 bits per heavy atom. The average molecular weight is 490 g/mol. The number of carbonyl (C=O) groups is 1. The predicted molar refractivity (Wildman–Crippen MR) is 147 cm³/mol. The molecule has 0 heterocycles. The van der Waals surface area contributed by atoms with Crippen LogP contribution in [0.25, 0.3) is 11.1 Å². The molecule has 3 rings (SSSR count). The summed E-state index contributed by atoms with van der Waals surface area (Å²) in [5, 5.41) is 16.0. The molecule has 2 amide bonds. The van der Waals surface area contributed by atoms with Crippen LogP contribution in [0.2, 0.25) is 0 Å². The number of nitrogens with one attached hydrogen (secondary N) is 2. The maximum atomic E-state index is 13.3. The van der Waals surface area contributed by atoms with E-state index in [1.165, 1.54) is 12.1 Å². The first-order valence-electron chi connectivity index (χ1n) is 12.5. The maximum absolute atomic E-state index is 13.3. The fourth-order valence-electron chi connectivity index (χ4n) is 3.92. The van der Waals surface area contributed by atoms with Crippen LogP contribution in [0.4, 0.5) is 20.6 Å². The molecule has 0 aliphatic carbocycles. The number of urea groups is 1. The van der Waals surface area contributed by atoms with Crippen LogP contribution >= 0.6 is 0 Å². The van der Waals surface area contributed by atoms with Crippen molar-refractivity contribution in [3.8, 4) is 11.1 Å². The SMILES string of the molecule is C=C(O)CCc1ccc(-c2cccc(N(C)C(=O)NCCCCC)c2)c(NCc2ccc(F)cc2)c1. The summed E-state index contributed by atoms with van der Waals surface area (Å²) < 4.78 is 13.3. The number of aliphatic hydroxyl groups excluding tert-OH is 1. The third kappa shape index (κ3) is 7.87. The molecule has 0 bridgehead atoms. The van der Waals surface area contributed by atoms with Crippen LogP contribution in [0.15, 0.2) is 79.1 Å². The van der Waals surface area contributed by atoms with E-state index >= 15 is 0 Å². The number of aliphatic hydroxyl groups is 1. The summed E-state index contributed by atoms with van der Waals surface area (Å²) in [6, 6.07) is 20.3. The molecule has 3 aromatic rings. The van der Waals surface area contributed by atoms with Gasteiger partial charge >= 0.3 is 6.03 Å². The first-order valence-corrected chi connectivity index (χ1v) is 12.5.